The summed E-state index contributed by atoms with van der Waals surface area (Å²) in [7, 11) is -8.65. The van der Waals surface area contributed by atoms with Crippen LogP contribution in [-0.4, -0.2) is 74.7 Å². The highest BCUT2D eigenvalue weighted by Gasteiger charge is 2.17. The molecule has 16 heteroatoms. The van der Waals surface area contributed by atoms with Crippen LogP contribution in [0.2, 0.25) is 0 Å². The van der Waals surface area contributed by atoms with E-state index in [1.54, 1.807) is 0 Å². The maximum absolute atomic E-state index is 10.3. The van der Waals surface area contributed by atoms with Crippen LogP contribution < -0.4 is 32.1 Å². The monoisotopic (exact) mass is 596 g/mol. The molecule has 12 N–H and O–H groups in total. The smallest absolute Gasteiger partial charge is 0.275 e. The van der Waals surface area contributed by atoms with E-state index in [1.807, 2.05) is 0 Å². The molecule has 0 saturated carbocycles. The van der Waals surface area contributed by atoms with Gasteiger partial charge in [0.1, 0.15) is 46.4 Å². The predicted molar refractivity (Wildman–Crippen MR) is 147 cm³/mol. The van der Waals surface area contributed by atoms with Gasteiger partial charge in [0, 0.05) is 11.4 Å². The number of nitrogens with two attached hydrogens (primary N) is 2. The summed E-state index contributed by atoms with van der Waals surface area (Å²) in [4.78, 5) is 6.14. The minimum atomic E-state index is -4.33. The summed E-state index contributed by atoms with van der Waals surface area (Å²) in [5.41, 5.74) is 13.8. The Morgan fingerprint density at radius 1 is 0.575 bits per heavy atom. The minimum absolute atomic E-state index is 0. The van der Waals surface area contributed by atoms with E-state index in [0.29, 0.717) is 11.4 Å². The number of hydrogen-bond donors (Lipinski definition) is 6. The van der Waals surface area contributed by atoms with E-state index >= 15 is 0 Å². The van der Waals surface area contributed by atoms with Crippen LogP contribution in [0, 0.1) is 0 Å². The van der Waals surface area contributed by atoms with Crippen LogP contribution in [0.1, 0.15) is 11.1 Å². The molecule has 0 amide bonds. The largest absolute Gasteiger partial charge is 0.744 e. The number of benzene rings is 3. The Morgan fingerprint density at radius 2 is 0.875 bits per heavy atom. The Hall–Kier alpha value is -4.06. The first-order chi connectivity index (χ1) is 17.9. The molecule has 40 heavy (non-hydrogen) atoms. The lowest BCUT2D eigenvalue weighted by molar-refractivity contribution is -0.444. The van der Waals surface area contributed by atoms with E-state index in [0.717, 1.165) is 37.9 Å². The second-order valence-electron chi connectivity index (χ2n) is 8.08. The molecule has 0 saturated heterocycles. The van der Waals surface area contributed by atoms with Crippen LogP contribution in [0.15, 0.2) is 82.6 Å². The molecule has 0 unspecified atom stereocenters. The standard InChI is InChI=1S/C12H14N4.2C6H7NO3S.2H2O/c1-2-10(12-15-7-8-16-12)4-3-9(1)11-13-5-6-14-11;2*7-5-1-3-6(4-2-5)11(8,9)10;;/h1-4H,5-8H2,(H,13,14)(H,15,16);2*1-4H,7H2,(H,8,9,10);2*1H2. The molecule has 2 aliphatic rings. The van der Waals surface area contributed by atoms with E-state index in [1.165, 1.54) is 59.7 Å². The number of nitrogens with one attached hydrogen (secondary N) is 4. The van der Waals surface area contributed by atoms with Crippen molar-refractivity contribution in [3.8, 4) is 0 Å². The van der Waals surface area contributed by atoms with E-state index in [9.17, 15) is 25.9 Å². The van der Waals surface area contributed by atoms with Crippen LogP contribution in [0.3, 0.4) is 0 Å². The summed E-state index contributed by atoms with van der Waals surface area (Å²) in [6.45, 7) is 4.05. The van der Waals surface area contributed by atoms with Crippen molar-refractivity contribution >= 4 is 43.3 Å². The van der Waals surface area contributed by atoms with Crippen molar-refractivity contribution in [2.24, 2.45) is 0 Å². The summed E-state index contributed by atoms with van der Waals surface area (Å²) in [5.74, 6) is 2.28. The first-order valence-corrected chi connectivity index (χ1v) is 14.2. The molecule has 0 radical (unpaired) electrons. The van der Waals surface area contributed by atoms with Gasteiger partial charge in [-0.05, 0) is 72.8 Å². The van der Waals surface area contributed by atoms with Crippen LogP contribution in [0.4, 0.5) is 11.4 Å². The highest BCUT2D eigenvalue weighted by atomic mass is 32.2. The summed E-state index contributed by atoms with van der Waals surface area (Å²) >= 11 is 0. The molecule has 5 rings (SSSR count). The molecule has 14 nitrogen and oxygen atoms in total. The Balaban J connectivity index is 0.000000302. The quantitative estimate of drug-likeness (QED) is 0.123. The van der Waals surface area contributed by atoms with Gasteiger partial charge in [0.05, 0.1) is 20.9 Å². The van der Waals surface area contributed by atoms with Gasteiger partial charge >= 0.3 is 0 Å². The zero-order valence-electron chi connectivity index (χ0n) is 21.2. The molecular weight excluding hydrogens is 564 g/mol. The molecular formula is C24H32N6O8S2. The SMILES string of the molecule is Nc1ccc(S(=O)(=O)[O-])cc1.Nc1ccc(S(=O)(=O)[O-])cc1.O.O.c1cc(C2=[NH+]CCN2)ccc1C1=[NH+]CCN1. The molecule has 0 spiro atoms. The zero-order chi connectivity index (χ0) is 27.8. The lowest BCUT2D eigenvalue weighted by Gasteiger charge is -2.05. The highest BCUT2D eigenvalue weighted by Crippen LogP contribution is 2.11. The topological polar surface area (TPSA) is 281 Å². The number of amidine groups is 2. The summed E-state index contributed by atoms with van der Waals surface area (Å²) < 4.78 is 62.1. The van der Waals surface area contributed by atoms with Crippen molar-refractivity contribution in [1.82, 2.24) is 10.6 Å². The van der Waals surface area contributed by atoms with Gasteiger partial charge in [-0.2, -0.15) is 0 Å². The maximum Gasteiger partial charge on any atom is 0.275 e. The van der Waals surface area contributed by atoms with Gasteiger partial charge in [-0.3, -0.25) is 20.6 Å². The van der Waals surface area contributed by atoms with Gasteiger partial charge in [0.2, 0.25) is 0 Å². The van der Waals surface area contributed by atoms with Gasteiger partial charge in [0.25, 0.3) is 11.7 Å². The minimum Gasteiger partial charge on any atom is -0.744 e. The average molecular weight is 597 g/mol. The fraction of sp³-hybridized carbons (Fsp3) is 0.167. The molecule has 3 aromatic rings. The van der Waals surface area contributed by atoms with Crippen LogP contribution >= 0.6 is 0 Å². The molecule has 0 bridgehead atoms. The zero-order valence-corrected chi connectivity index (χ0v) is 22.8. The third kappa shape index (κ3) is 10.3. The lowest BCUT2D eigenvalue weighted by atomic mass is 10.1. The van der Waals surface area contributed by atoms with Crippen molar-refractivity contribution in [3.05, 3.63) is 83.9 Å². The Kier molecular flexibility index (Phi) is 12.7. The molecule has 0 aromatic heterocycles. The molecule has 0 fully saturated rings. The second-order valence-corrected chi connectivity index (χ2v) is 10.8. The van der Waals surface area contributed by atoms with E-state index < -0.39 is 20.2 Å². The van der Waals surface area contributed by atoms with Crippen LogP contribution in [0.5, 0.6) is 0 Å². The lowest BCUT2D eigenvalue weighted by Crippen LogP contribution is -2.71. The first-order valence-electron chi connectivity index (χ1n) is 11.4. The first kappa shape index (κ1) is 34.0. The third-order valence-corrected chi connectivity index (χ3v) is 6.96. The molecule has 2 heterocycles. The van der Waals surface area contributed by atoms with Gasteiger partial charge in [-0.25, -0.2) is 16.8 Å². The summed E-state index contributed by atoms with van der Waals surface area (Å²) in [6.07, 6.45) is 0. The average Bonchev–Trinajstić information content (AvgIpc) is 3.59. The third-order valence-electron chi connectivity index (χ3n) is 5.26. The highest BCUT2D eigenvalue weighted by molar-refractivity contribution is 7.86. The number of rotatable bonds is 4. The Morgan fingerprint density at radius 3 is 1.10 bits per heavy atom. The van der Waals surface area contributed by atoms with Gasteiger partial charge < -0.3 is 31.5 Å². The van der Waals surface area contributed by atoms with Crippen molar-refractivity contribution in [1.29, 1.82) is 0 Å². The Bertz CT molecular complexity index is 1390. The Labute approximate surface area is 232 Å². The van der Waals surface area contributed by atoms with Gasteiger partial charge in [-0.1, -0.05) is 0 Å². The van der Waals surface area contributed by atoms with E-state index in [4.69, 9.17) is 11.5 Å². The molecule has 2 aliphatic heterocycles. The number of hydrogen-bond acceptors (Lipinski definition) is 10. The number of anilines is 2. The summed E-state index contributed by atoms with van der Waals surface area (Å²) in [5, 5.41) is 6.66. The molecule has 0 aliphatic carbocycles. The number of nitrogen functional groups attached to an aromatic ring is 2. The molecule has 3 aromatic carbocycles. The molecule has 218 valence electrons. The fourth-order valence-corrected chi connectivity index (χ4v) is 4.29. The predicted octanol–water partition coefficient (Wildman–Crippen LogP) is -4.76. The second kappa shape index (κ2) is 14.9. The normalized spacial score (nSPS) is 13.8. The van der Waals surface area contributed by atoms with Crippen molar-refractivity contribution < 1.29 is 46.9 Å². The van der Waals surface area contributed by atoms with Crippen molar-refractivity contribution in [3.63, 3.8) is 0 Å². The summed E-state index contributed by atoms with van der Waals surface area (Å²) in [6, 6.07) is 18.8. The van der Waals surface area contributed by atoms with E-state index in [-0.39, 0.29) is 20.7 Å². The van der Waals surface area contributed by atoms with Crippen LogP contribution in [0.25, 0.3) is 0 Å². The van der Waals surface area contributed by atoms with E-state index in [2.05, 4.69) is 44.9 Å². The van der Waals surface area contributed by atoms with Gasteiger partial charge in [0.15, 0.2) is 0 Å². The van der Waals surface area contributed by atoms with Crippen molar-refractivity contribution in [2.75, 3.05) is 37.6 Å². The van der Waals surface area contributed by atoms with Gasteiger partial charge in [-0.15, -0.1) is 0 Å². The molecule has 0 atom stereocenters. The fourth-order valence-electron chi connectivity index (χ4n) is 3.36. The van der Waals surface area contributed by atoms with Crippen molar-refractivity contribution in [2.45, 2.75) is 9.79 Å². The maximum atomic E-state index is 10.3. The van der Waals surface area contributed by atoms with Crippen LogP contribution in [-0.2, 0) is 20.2 Å².